The Morgan fingerprint density at radius 1 is 1.07 bits per heavy atom. The van der Waals surface area contributed by atoms with Gasteiger partial charge in [0.15, 0.2) is 5.78 Å². The van der Waals surface area contributed by atoms with Crippen LogP contribution in [-0.4, -0.2) is 17.9 Å². The number of rotatable bonds is 3. The second-order valence-corrected chi connectivity index (χ2v) is 5.52. The fourth-order valence-corrected chi connectivity index (χ4v) is 2.66. The first-order valence-electron chi connectivity index (χ1n) is 5.17. The molecule has 0 aromatic rings. The van der Waals surface area contributed by atoms with Crippen molar-refractivity contribution in [2.45, 2.75) is 41.5 Å². The van der Waals surface area contributed by atoms with Crippen molar-refractivity contribution in [3.8, 4) is 0 Å². The lowest BCUT2D eigenvalue weighted by atomic mass is 9.89. The van der Waals surface area contributed by atoms with E-state index in [1.54, 1.807) is 6.92 Å². The molecule has 0 radical (unpaired) electrons. The number of nitrogens with zero attached hydrogens (tertiary/aromatic N) is 1. The summed E-state index contributed by atoms with van der Waals surface area (Å²) in [7, 11) is 0. The lowest BCUT2D eigenvalue weighted by Crippen LogP contribution is -2.26. The molecule has 0 saturated heterocycles. The van der Waals surface area contributed by atoms with Crippen LogP contribution in [-0.2, 0) is 9.59 Å². The van der Waals surface area contributed by atoms with E-state index in [9.17, 15) is 9.59 Å². The number of Topliss-reactive ketones (excluding diaryl/α,β-unsaturated/α-hetero) is 1. The van der Waals surface area contributed by atoms with Crippen LogP contribution in [0.3, 0.4) is 0 Å². The van der Waals surface area contributed by atoms with Crippen molar-refractivity contribution < 1.29 is 9.59 Å². The highest BCUT2D eigenvalue weighted by atomic mass is 16.1. The molecule has 15 heavy (non-hydrogen) atoms. The average molecular weight is 209 g/mol. The van der Waals surface area contributed by atoms with Gasteiger partial charge in [-0.05, 0) is 17.8 Å². The van der Waals surface area contributed by atoms with E-state index in [1.807, 2.05) is 6.92 Å². The van der Waals surface area contributed by atoms with Gasteiger partial charge >= 0.3 is 0 Å². The van der Waals surface area contributed by atoms with Crippen LogP contribution in [0.2, 0.25) is 0 Å². The summed E-state index contributed by atoms with van der Waals surface area (Å²) in [5.41, 5.74) is -0.185. The first-order chi connectivity index (χ1) is 6.64. The summed E-state index contributed by atoms with van der Waals surface area (Å²) < 4.78 is 0. The smallest absolute Gasteiger partial charge is 0.233 e. The first-order valence-corrected chi connectivity index (χ1v) is 5.17. The van der Waals surface area contributed by atoms with E-state index in [0.717, 1.165) is 0 Å². The Morgan fingerprint density at radius 2 is 1.47 bits per heavy atom. The molecule has 0 aromatic carbocycles. The van der Waals surface area contributed by atoms with Crippen LogP contribution >= 0.6 is 0 Å². The number of amides is 1. The molecule has 0 aromatic heterocycles. The molecule has 1 aliphatic rings. The molecule has 0 unspecified atom stereocenters. The van der Waals surface area contributed by atoms with E-state index >= 15 is 0 Å². The molecule has 3 heteroatoms. The summed E-state index contributed by atoms with van der Waals surface area (Å²) in [6, 6.07) is 0. The van der Waals surface area contributed by atoms with E-state index in [1.165, 1.54) is 0 Å². The van der Waals surface area contributed by atoms with Crippen LogP contribution in [0.25, 0.3) is 0 Å². The summed E-state index contributed by atoms with van der Waals surface area (Å²) >= 11 is 0. The maximum Gasteiger partial charge on any atom is 0.233 e. The van der Waals surface area contributed by atoms with Crippen LogP contribution in [0.4, 0.5) is 0 Å². The Bertz CT molecular complexity index is 337. The van der Waals surface area contributed by atoms with Crippen molar-refractivity contribution in [2.75, 3.05) is 0 Å². The van der Waals surface area contributed by atoms with E-state index in [2.05, 4.69) is 32.7 Å². The minimum atomic E-state index is -0.406. The predicted molar refractivity (Wildman–Crippen MR) is 59.8 cm³/mol. The van der Waals surface area contributed by atoms with Crippen LogP contribution in [0.15, 0.2) is 4.99 Å². The lowest BCUT2D eigenvalue weighted by molar-refractivity contribution is -0.119. The van der Waals surface area contributed by atoms with Gasteiger partial charge in [0.25, 0.3) is 0 Å². The molecular formula is C12H19NO2. The van der Waals surface area contributed by atoms with Gasteiger partial charge in [0.2, 0.25) is 6.41 Å². The zero-order valence-corrected chi connectivity index (χ0v) is 10.3. The topological polar surface area (TPSA) is 46.5 Å². The number of carbonyl (C=O) groups excluding carboxylic acids is 2. The third-order valence-corrected chi connectivity index (χ3v) is 5.03. The van der Waals surface area contributed by atoms with Gasteiger partial charge < -0.3 is 0 Å². The molecule has 0 N–H and O–H groups in total. The minimum absolute atomic E-state index is 0.00963. The highest BCUT2D eigenvalue weighted by Gasteiger charge is 2.77. The van der Waals surface area contributed by atoms with Gasteiger partial charge in [-0.3, -0.25) is 9.59 Å². The molecule has 0 aliphatic heterocycles. The number of hydrogen-bond donors (Lipinski definition) is 0. The quantitative estimate of drug-likeness (QED) is 0.528. The largest absolute Gasteiger partial charge is 0.292 e. The lowest BCUT2D eigenvalue weighted by Gasteiger charge is -2.13. The predicted octanol–water partition coefficient (Wildman–Crippen LogP) is 2.25. The molecule has 1 aliphatic carbocycles. The molecule has 3 nitrogen and oxygen atoms in total. The Balaban J connectivity index is 3.08. The third-order valence-electron chi connectivity index (χ3n) is 5.03. The standard InChI is InChI=1S/C12H19NO2/c1-8(13-7-14)9(15)12(6)10(2,3)11(12,4)5/h7H,1-6H3. The van der Waals surface area contributed by atoms with Crippen molar-refractivity contribution in [1.29, 1.82) is 0 Å². The summed E-state index contributed by atoms with van der Waals surface area (Å²) in [5, 5.41) is 0. The third kappa shape index (κ3) is 1.15. The maximum atomic E-state index is 12.2. The first kappa shape index (κ1) is 12.1. The van der Waals surface area contributed by atoms with Crippen molar-refractivity contribution in [2.24, 2.45) is 21.2 Å². The van der Waals surface area contributed by atoms with E-state index < -0.39 is 5.41 Å². The fraction of sp³-hybridized carbons (Fsp3) is 0.750. The van der Waals surface area contributed by atoms with Crippen molar-refractivity contribution in [3.63, 3.8) is 0 Å². The number of aliphatic imine (C=N–C) groups is 1. The molecule has 0 bridgehead atoms. The molecule has 1 amide bonds. The van der Waals surface area contributed by atoms with E-state index in [4.69, 9.17) is 0 Å². The highest BCUT2D eigenvalue weighted by Crippen LogP contribution is 2.77. The second-order valence-electron chi connectivity index (χ2n) is 5.52. The SMILES string of the molecule is CC(=NC=O)C(=O)C1(C)C(C)(C)C1(C)C. The average Bonchev–Trinajstić information content (AvgIpc) is 2.44. The van der Waals surface area contributed by atoms with Gasteiger partial charge in [-0.2, -0.15) is 0 Å². The summed E-state index contributed by atoms with van der Waals surface area (Å²) in [6.45, 7) is 11.9. The summed E-state index contributed by atoms with van der Waals surface area (Å²) in [5.74, 6) is -0.00963. The molecule has 0 spiro atoms. The van der Waals surface area contributed by atoms with Crippen LogP contribution < -0.4 is 0 Å². The summed E-state index contributed by atoms with van der Waals surface area (Å²) in [6.07, 6.45) is 0.430. The van der Waals surface area contributed by atoms with Gasteiger partial charge in [-0.25, -0.2) is 4.99 Å². The van der Waals surface area contributed by atoms with Crippen molar-refractivity contribution in [3.05, 3.63) is 0 Å². The zero-order chi connectivity index (χ0) is 12.1. The van der Waals surface area contributed by atoms with Crippen LogP contribution in [0, 0.1) is 16.2 Å². The van der Waals surface area contributed by atoms with Gasteiger partial charge in [0.05, 0.1) is 5.71 Å². The zero-order valence-electron chi connectivity index (χ0n) is 10.3. The van der Waals surface area contributed by atoms with Gasteiger partial charge in [0.1, 0.15) is 0 Å². The Hall–Kier alpha value is -0.990. The minimum Gasteiger partial charge on any atom is -0.292 e. The molecule has 1 rings (SSSR count). The van der Waals surface area contributed by atoms with Crippen LogP contribution in [0.5, 0.6) is 0 Å². The van der Waals surface area contributed by atoms with Crippen molar-refractivity contribution >= 4 is 17.9 Å². The Labute approximate surface area is 91.0 Å². The van der Waals surface area contributed by atoms with Crippen LogP contribution in [0.1, 0.15) is 41.5 Å². The van der Waals surface area contributed by atoms with Gasteiger partial charge in [-0.1, -0.05) is 34.6 Å². The van der Waals surface area contributed by atoms with Gasteiger partial charge in [-0.15, -0.1) is 0 Å². The Kier molecular flexibility index (Phi) is 2.42. The second kappa shape index (κ2) is 3.00. The highest BCUT2D eigenvalue weighted by molar-refractivity contribution is 6.42. The van der Waals surface area contributed by atoms with Gasteiger partial charge in [0, 0.05) is 5.41 Å². The molecule has 1 saturated carbocycles. The molecule has 0 atom stereocenters. The number of ketones is 1. The van der Waals surface area contributed by atoms with Crippen molar-refractivity contribution in [1.82, 2.24) is 0 Å². The maximum absolute atomic E-state index is 12.2. The molecule has 1 fully saturated rings. The normalized spacial score (nSPS) is 25.9. The monoisotopic (exact) mass is 209 g/mol. The molecule has 0 heterocycles. The number of carbonyl (C=O) groups is 2. The van der Waals surface area contributed by atoms with E-state index in [0.29, 0.717) is 12.1 Å². The molecule has 84 valence electrons. The Morgan fingerprint density at radius 3 is 1.73 bits per heavy atom. The van der Waals surface area contributed by atoms with E-state index in [-0.39, 0.29) is 16.6 Å². The summed E-state index contributed by atoms with van der Waals surface area (Å²) in [4.78, 5) is 26.0. The fourth-order valence-electron chi connectivity index (χ4n) is 2.66. The molecular weight excluding hydrogens is 190 g/mol. The number of hydrogen-bond acceptors (Lipinski definition) is 2.